The second-order valence-corrected chi connectivity index (χ2v) is 4.15. The summed E-state index contributed by atoms with van der Waals surface area (Å²) in [5, 5.41) is 12.3. The van der Waals surface area contributed by atoms with Gasteiger partial charge in [-0.1, -0.05) is 32.0 Å². The Labute approximate surface area is 113 Å². The second kappa shape index (κ2) is 5.96. The van der Waals surface area contributed by atoms with Crippen molar-refractivity contribution in [3.8, 4) is 6.07 Å². The second-order valence-electron chi connectivity index (χ2n) is 4.15. The number of rotatable bonds is 4. The van der Waals surface area contributed by atoms with Crippen molar-refractivity contribution in [2.45, 2.75) is 26.7 Å². The van der Waals surface area contributed by atoms with Gasteiger partial charge in [-0.05, 0) is 24.0 Å². The minimum absolute atomic E-state index is 0.315. The van der Waals surface area contributed by atoms with Crippen LogP contribution in [-0.4, -0.2) is 9.97 Å². The lowest BCUT2D eigenvalue weighted by atomic mass is 10.0. The molecule has 0 fully saturated rings. The maximum Gasteiger partial charge on any atom is 0.183 e. The molecule has 0 aliphatic carbocycles. The van der Waals surface area contributed by atoms with Gasteiger partial charge < -0.3 is 5.32 Å². The fourth-order valence-corrected chi connectivity index (χ4v) is 2.03. The zero-order valence-corrected chi connectivity index (χ0v) is 11.1. The lowest BCUT2D eigenvalue weighted by Gasteiger charge is -2.15. The molecule has 0 unspecified atom stereocenters. The molecule has 0 aliphatic rings. The highest BCUT2D eigenvalue weighted by Crippen LogP contribution is 2.26. The summed E-state index contributed by atoms with van der Waals surface area (Å²) < 4.78 is 0. The molecule has 0 aliphatic heterocycles. The van der Waals surface area contributed by atoms with Crippen LogP contribution < -0.4 is 5.32 Å². The third-order valence-electron chi connectivity index (χ3n) is 3.05. The van der Waals surface area contributed by atoms with Gasteiger partial charge in [-0.25, -0.2) is 9.97 Å². The third kappa shape index (κ3) is 2.71. The molecule has 1 aromatic heterocycles. The van der Waals surface area contributed by atoms with Crippen LogP contribution in [-0.2, 0) is 12.8 Å². The molecule has 0 amide bonds. The summed E-state index contributed by atoms with van der Waals surface area (Å²) in [5.74, 6) is 0.514. The van der Waals surface area contributed by atoms with Gasteiger partial charge in [0, 0.05) is 18.1 Å². The predicted molar refractivity (Wildman–Crippen MR) is 75.2 cm³/mol. The number of nitrogens with zero attached hydrogens (tertiary/aromatic N) is 3. The van der Waals surface area contributed by atoms with Gasteiger partial charge in [-0.2, -0.15) is 5.26 Å². The molecule has 1 N–H and O–H groups in total. The predicted octanol–water partition coefficient (Wildman–Crippen LogP) is 3.22. The average molecular weight is 252 g/mol. The Hall–Kier alpha value is -2.41. The molecular weight excluding hydrogens is 236 g/mol. The van der Waals surface area contributed by atoms with Crippen molar-refractivity contribution in [1.29, 1.82) is 5.26 Å². The van der Waals surface area contributed by atoms with E-state index in [4.69, 9.17) is 5.26 Å². The Morgan fingerprint density at radius 3 is 2.32 bits per heavy atom. The summed E-state index contributed by atoms with van der Waals surface area (Å²) in [7, 11) is 0. The van der Waals surface area contributed by atoms with Crippen molar-refractivity contribution in [3.05, 3.63) is 47.4 Å². The molecule has 1 heterocycles. The number of aromatic nitrogens is 2. The van der Waals surface area contributed by atoms with E-state index in [2.05, 4.69) is 53.4 Å². The lowest BCUT2D eigenvalue weighted by molar-refractivity contribution is 1.08. The largest absolute Gasteiger partial charge is 0.337 e. The van der Waals surface area contributed by atoms with Crippen molar-refractivity contribution in [2.24, 2.45) is 0 Å². The Morgan fingerprint density at radius 2 is 1.74 bits per heavy atom. The summed E-state index contributed by atoms with van der Waals surface area (Å²) in [5.41, 5.74) is 3.79. The molecule has 1 aromatic carbocycles. The summed E-state index contributed by atoms with van der Waals surface area (Å²) in [6, 6.07) is 8.29. The molecule has 4 nitrogen and oxygen atoms in total. The molecule has 19 heavy (non-hydrogen) atoms. The van der Waals surface area contributed by atoms with Gasteiger partial charge in [0.25, 0.3) is 0 Å². The van der Waals surface area contributed by atoms with Gasteiger partial charge in [-0.3, -0.25) is 0 Å². The van der Waals surface area contributed by atoms with Gasteiger partial charge in [0.05, 0.1) is 0 Å². The van der Waals surface area contributed by atoms with Crippen LogP contribution in [0, 0.1) is 11.3 Å². The quantitative estimate of drug-likeness (QED) is 0.907. The maximum absolute atomic E-state index is 9.06. The number of aryl methyl sites for hydroxylation is 2. The number of para-hydroxylation sites is 1. The topological polar surface area (TPSA) is 61.6 Å². The number of hydrogen-bond donors (Lipinski definition) is 1. The zero-order valence-electron chi connectivity index (χ0n) is 11.1. The fourth-order valence-electron chi connectivity index (χ4n) is 2.03. The minimum Gasteiger partial charge on any atom is -0.337 e. The van der Waals surface area contributed by atoms with E-state index in [1.165, 1.54) is 17.3 Å². The Kier molecular flexibility index (Phi) is 4.09. The summed E-state index contributed by atoms with van der Waals surface area (Å²) in [4.78, 5) is 8.22. The normalized spacial score (nSPS) is 9.95. The standard InChI is InChI=1S/C15H16N4/c1-3-11-6-5-7-12(4-2)14(11)19-15-13(10-16)17-8-9-18-15/h5-9H,3-4H2,1-2H3,(H,18,19). The van der Waals surface area contributed by atoms with E-state index in [1.54, 1.807) is 6.20 Å². The van der Waals surface area contributed by atoms with E-state index >= 15 is 0 Å². The van der Waals surface area contributed by atoms with Gasteiger partial charge in [0.1, 0.15) is 6.07 Å². The molecule has 0 saturated carbocycles. The van der Waals surface area contributed by atoms with Crippen molar-refractivity contribution in [3.63, 3.8) is 0 Å². The first-order chi connectivity index (χ1) is 9.30. The maximum atomic E-state index is 9.06. The third-order valence-corrected chi connectivity index (χ3v) is 3.05. The number of hydrogen-bond acceptors (Lipinski definition) is 4. The van der Waals surface area contributed by atoms with Crippen LogP contribution in [0.25, 0.3) is 0 Å². The van der Waals surface area contributed by atoms with Crippen LogP contribution in [0.1, 0.15) is 30.7 Å². The average Bonchev–Trinajstić information content (AvgIpc) is 2.48. The van der Waals surface area contributed by atoms with Crippen LogP contribution in [0.3, 0.4) is 0 Å². The van der Waals surface area contributed by atoms with Gasteiger partial charge in [-0.15, -0.1) is 0 Å². The SMILES string of the molecule is CCc1cccc(CC)c1Nc1nccnc1C#N. The molecular formula is C15H16N4. The summed E-state index contributed by atoms with van der Waals surface area (Å²) in [6.45, 7) is 4.23. The number of nitrogens with one attached hydrogen (secondary N) is 1. The first-order valence-corrected chi connectivity index (χ1v) is 6.39. The molecule has 4 heteroatoms. The van der Waals surface area contributed by atoms with Crippen molar-refractivity contribution < 1.29 is 0 Å². The summed E-state index contributed by atoms with van der Waals surface area (Å²) >= 11 is 0. The van der Waals surface area contributed by atoms with Gasteiger partial charge >= 0.3 is 0 Å². The van der Waals surface area contributed by atoms with Crippen LogP contribution in [0.2, 0.25) is 0 Å². The highest BCUT2D eigenvalue weighted by Gasteiger charge is 2.10. The molecule has 96 valence electrons. The fraction of sp³-hybridized carbons (Fsp3) is 0.267. The van der Waals surface area contributed by atoms with E-state index in [-0.39, 0.29) is 0 Å². The van der Waals surface area contributed by atoms with E-state index in [0.717, 1.165) is 18.5 Å². The van der Waals surface area contributed by atoms with Gasteiger partial charge in [0.2, 0.25) is 0 Å². The molecule has 0 atom stereocenters. The van der Waals surface area contributed by atoms with Gasteiger partial charge in [0.15, 0.2) is 11.5 Å². The monoisotopic (exact) mass is 252 g/mol. The Bertz CT molecular complexity index is 592. The lowest BCUT2D eigenvalue weighted by Crippen LogP contribution is -2.04. The number of benzene rings is 1. The molecule has 0 saturated heterocycles. The highest BCUT2D eigenvalue weighted by atomic mass is 15.0. The van der Waals surface area contributed by atoms with Crippen LogP contribution in [0.15, 0.2) is 30.6 Å². The first kappa shape index (κ1) is 13.0. The van der Waals surface area contributed by atoms with Crippen LogP contribution in [0.5, 0.6) is 0 Å². The zero-order chi connectivity index (χ0) is 13.7. The summed E-state index contributed by atoms with van der Waals surface area (Å²) in [6.07, 6.45) is 4.97. The van der Waals surface area contributed by atoms with Crippen LogP contribution >= 0.6 is 0 Å². The van der Waals surface area contributed by atoms with Crippen molar-refractivity contribution >= 4 is 11.5 Å². The number of nitriles is 1. The highest BCUT2D eigenvalue weighted by molar-refractivity contribution is 5.67. The van der Waals surface area contributed by atoms with Crippen LogP contribution in [0.4, 0.5) is 11.5 Å². The van der Waals surface area contributed by atoms with Crippen molar-refractivity contribution in [2.75, 3.05) is 5.32 Å². The molecule has 0 bridgehead atoms. The van der Waals surface area contributed by atoms with E-state index < -0.39 is 0 Å². The Balaban J connectivity index is 2.46. The molecule has 0 spiro atoms. The van der Waals surface area contributed by atoms with E-state index in [9.17, 15) is 0 Å². The van der Waals surface area contributed by atoms with E-state index in [1.807, 2.05) is 0 Å². The minimum atomic E-state index is 0.315. The first-order valence-electron chi connectivity index (χ1n) is 6.39. The number of anilines is 2. The molecule has 0 radical (unpaired) electrons. The molecule has 2 aromatic rings. The smallest absolute Gasteiger partial charge is 0.183 e. The van der Waals surface area contributed by atoms with E-state index in [0.29, 0.717) is 11.5 Å². The Morgan fingerprint density at radius 1 is 1.11 bits per heavy atom. The molecule has 2 rings (SSSR count). The van der Waals surface area contributed by atoms with Crippen molar-refractivity contribution in [1.82, 2.24) is 9.97 Å².